The fourth-order valence-corrected chi connectivity index (χ4v) is 4.60. The van der Waals surface area contributed by atoms with Crippen LogP contribution < -0.4 is 10.6 Å². The Bertz CT molecular complexity index is 994. The van der Waals surface area contributed by atoms with Crippen molar-refractivity contribution in [3.63, 3.8) is 0 Å². The van der Waals surface area contributed by atoms with Gasteiger partial charge in [0.1, 0.15) is 0 Å². The van der Waals surface area contributed by atoms with Crippen LogP contribution in [0.1, 0.15) is 53.2 Å². The molecule has 2 aromatic rings. The average molecular weight is 464 g/mol. The van der Waals surface area contributed by atoms with E-state index in [-0.39, 0.29) is 30.1 Å². The molecule has 0 unspecified atom stereocenters. The van der Waals surface area contributed by atoms with Crippen LogP contribution >= 0.6 is 0 Å². The maximum absolute atomic E-state index is 13.1. The molecule has 7 nitrogen and oxygen atoms in total. The molecule has 0 atom stereocenters. The van der Waals surface area contributed by atoms with Crippen LogP contribution in [0.5, 0.6) is 0 Å². The van der Waals surface area contributed by atoms with Crippen molar-refractivity contribution in [2.75, 3.05) is 19.6 Å². The van der Waals surface area contributed by atoms with Gasteiger partial charge in [-0.2, -0.15) is 18.3 Å². The lowest BCUT2D eigenvalue weighted by molar-refractivity contribution is -0.138. The first-order chi connectivity index (χ1) is 15.7. The molecule has 1 saturated carbocycles. The molecule has 2 N–H and O–H groups in total. The van der Waals surface area contributed by atoms with Gasteiger partial charge in [-0.15, -0.1) is 0 Å². The number of rotatable bonds is 6. The van der Waals surface area contributed by atoms with Crippen LogP contribution in [-0.4, -0.2) is 58.2 Å². The van der Waals surface area contributed by atoms with Gasteiger partial charge < -0.3 is 15.5 Å². The molecule has 1 aliphatic carbocycles. The molecule has 178 valence electrons. The normalized spacial score (nSPS) is 21.3. The Hall–Kier alpha value is -2.88. The number of alkyl halides is 3. The Morgan fingerprint density at radius 1 is 1.18 bits per heavy atom. The Labute approximate surface area is 190 Å². The van der Waals surface area contributed by atoms with Crippen molar-refractivity contribution in [1.82, 2.24) is 25.3 Å². The summed E-state index contributed by atoms with van der Waals surface area (Å²) < 4.78 is 40.8. The Morgan fingerprint density at radius 2 is 1.91 bits per heavy atom. The zero-order valence-corrected chi connectivity index (χ0v) is 18.4. The zero-order chi connectivity index (χ0) is 23.6. The van der Waals surface area contributed by atoms with Crippen molar-refractivity contribution in [3.05, 3.63) is 53.3 Å². The standard InChI is InChI=1S/C23H28F3N5O2/c1-15-10-29-30(14-15)18-5-7-19(8-6-18)31(20-11-27-12-20)21(32)13-28-22(33)16-3-2-4-17(9-16)23(24,25)26/h2-4,9-10,14,18-20,27H,5-8,11-13H2,1H3,(H,28,33). The average Bonchev–Trinajstić information content (AvgIpc) is 3.20. The van der Waals surface area contributed by atoms with Crippen LogP contribution in [0.4, 0.5) is 13.2 Å². The van der Waals surface area contributed by atoms with Gasteiger partial charge in [0.25, 0.3) is 5.91 Å². The lowest BCUT2D eigenvalue weighted by Gasteiger charge is -2.45. The number of nitrogens with zero attached hydrogens (tertiary/aromatic N) is 3. The maximum atomic E-state index is 13.1. The van der Waals surface area contributed by atoms with E-state index in [1.165, 1.54) is 12.1 Å². The van der Waals surface area contributed by atoms with Crippen LogP contribution in [0.2, 0.25) is 0 Å². The van der Waals surface area contributed by atoms with Crippen molar-refractivity contribution in [1.29, 1.82) is 0 Å². The Morgan fingerprint density at radius 3 is 2.48 bits per heavy atom. The van der Waals surface area contributed by atoms with E-state index in [1.54, 1.807) is 0 Å². The summed E-state index contributed by atoms with van der Waals surface area (Å²) in [6.07, 6.45) is 2.84. The highest BCUT2D eigenvalue weighted by atomic mass is 19.4. The maximum Gasteiger partial charge on any atom is 0.416 e. The summed E-state index contributed by atoms with van der Waals surface area (Å²) in [5.41, 5.74) is 0.100. The number of carbonyl (C=O) groups is 2. The lowest BCUT2D eigenvalue weighted by Crippen LogP contribution is -2.63. The second-order valence-electron chi connectivity index (χ2n) is 8.83. The van der Waals surface area contributed by atoms with Crippen molar-refractivity contribution in [2.45, 2.75) is 56.9 Å². The molecule has 33 heavy (non-hydrogen) atoms. The molecule has 2 heterocycles. The summed E-state index contributed by atoms with van der Waals surface area (Å²) in [7, 11) is 0. The van der Waals surface area contributed by atoms with Gasteiger partial charge >= 0.3 is 6.18 Å². The van der Waals surface area contributed by atoms with Crippen LogP contribution in [0.25, 0.3) is 0 Å². The second kappa shape index (κ2) is 9.54. The van der Waals surface area contributed by atoms with E-state index in [2.05, 4.69) is 15.7 Å². The monoisotopic (exact) mass is 463 g/mol. The number of amides is 2. The number of benzene rings is 1. The third-order valence-electron chi connectivity index (χ3n) is 6.46. The Balaban J connectivity index is 1.36. The minimum atomic E-state index is -4.53. The number of halogens is 3. The van der Waals surface area contributed by atoms with E-state index in [4.69, 9.17) is 0 Å². The summed E-state index contributed by atoms with van der Waals surface area (Å²) in [5.74, 6) is -0.904. The number of aryl methyl sites for hydroxylation is 1. The summed E-state index contributed by atoms with van der Waals surface area (Å²) >= 11 is 0. The quantitative estimate of drug-likeness (QED) is 0.691. The van der Waals surface area contributed by atoms with Crippen LogP contribution in [-0.2, 0) is 11.0 Å². The Kier molecular flexibility index (Phi) is 6.73. The van der Waals surface area contributed by atoms with Crippen molar-refractivity contribution in [2.24, 2.45) is 0 Å². The van der Waals surface area contributed by atoms with E-state index in [9.17, 15) is 22.8 Å². The molecule has 2 amide bonds. The number of hydrogen-bond acceptors (Lipinski definition) is 4. The first kappa shape index (κ1) is 23.3. The van der Waals surface area contributed by atoms with Gasteiger partial charge in [0.2, 0.25) is 5.91 Å². The minimum Gasteiger partial charge on any atom is -0.343 e. The van der Waals surface area contributed by atoms with Crippen molar-refractivity contribution in [3.8, 4) is 0 Å². The van der Waals surface area contributed by atoms with Gasteiger partial charge in [-0.1, -0.05) is 6.07 Å². The van der Waals surface area contributed by atoms with Gasteiger partial charge in [0, 0.05) is 30.9 Å². The van der Waals surface area contributed by atoms with Gasteiger partial charge in [-0.3, -0.25) is 14.3 Å². The molecule has 1 aliphatic heterocycles. The number of aromatic nitrogens is 2. The third kappa shape index (κ3) is 5.38. The molecular weight excluding hydrogens is 435 g/mol. The molecule has 10 heteroatoms. The summed E-state index contributed by atoms with van der Waals surface area (Å²) in [4.78, 5) is 27.4. The van der Waals surface area contributed by atoms with Crippen LogP contribution in [0.3, 0.4) is 0 Å². The fourth-order valence-electron chi connectivity index (χ4n) is 4.60. The third-order valence-corrected chi connectivity index (χ3v) is 6.46. The topological polar surface area (TPSA) is 79.3 Å². The minimum absolute atomic E-state index is 0.0662. The fraction of sp³-hybridized carbons (Fsp3) is 0.522. The highest BCUT2D eigenvalue weighted by Gasteiger charge is 2.36. The molecule has 0 bridgehead atoms. The largest absolute Gasteiger partial charge is 0.416 e. The molecule has 1 aromatic carbocycles. The van der Waals surface area contributed by atoms with E-state index in [0.717, 1.165) is 43.4 Å². The molecule has 4 rings (SSSR count). The number of hydrogen-bond donors (Lipinski definition) is 2. The van der Waals surface area contributed by atoms with E-state index in [1.807, 2.05) is 28.9 Å². The smallest absolute Gasteiger partial charge is 0.343 e. The second-order valence-corrected chi connectivity index (χ2v) is 8.83. The first-order valence-corrected chi connectivity index (χ1v) is 11.2. The van der Waals surface area contributed by atoms with Crippen LogP contribution in [0.15, 0.2) is 36.7 Å². The summed E-state index contributed by atoms with van der Waals surface area (Å²) in [6.45, 7) is 3.16. The predicted molar refractivity (Wildman–Crippen MR) is 116 cm³/mol. The highest BCUT2D eigenvalue weighted by molar-refractivity contribution is 5.96. The SMILES string of the molecule is Cc1cnn(C2CCC(N(C(=O)CNC(=O)c3cccc(C(F)(F)F)c3)C3CNC3)CC2)c1. The first-order valence-electron chi connectivity index (χ1n) is 11.2. The molecule has 0 spiro atoms. The molecule has 2 aliphatic rings. The number of nitrogens with one attached hydrogen (secondary N) is 2. The van der Waals surface area contributed by atoms with Crippen molar-refractivity contribution < 1.29 is 22.8 Å². The van der Waals surface area contributed by atoms with E-state index in [0.29, 0.717) is 19.1 Å². The van der Waals surface area contributed by atoms with Gasteiger partial charge in [-0.25, -0.2) is 0 Å². The molecular formula is C23H28F3N5O2. The highest BCUT2D eigenvalue weighted by Crippen LogP contribution is 2.32. The van der Waals surface area contributed by atoms with Crippen molar-refractivity contribution >= 4 is 11.8 Å². The lowest BCUT2D eigenvalue weighted by atomic mass is 9.88. The van der Waals surface area contributed by atoms with Gasteiger partial charge in [0.05, 0.1) is 30.4 Å². The van der Waals surface area contributed by atoms with Gasteiger partial charge in [0.15, 0.2) is 0 Å². The van der Waals surface area contributed by atoms with E-state index >= 15 is 0 Å². The van der Waals surface area contributed by atoms with Crippen LogP contribution in [0, 0.1) is 6.92 Å². The zero-order valence-electron chi connectivity index (χ0n) is 18.4. The van der Waals surface area contributed by atoms with E-state index < -0.39 is 17.6 Å². The predicted octanol–water partition coefficient (Wildman–Crippen LogP) is 2.92. The molecule has 1 aromatic heterocycles. The summed E-state index contributed by atoms with van der Waals surface area (Å²) in [5, 5.41) is 10.1. The molecule has 2 fully saturated rings. The number of carbonyl (C=O) groups excluding carboxylic acids is 2. The summed E-state index contributed by atoms with van der Waals surface area (Å²) in [6, 6.07) is 4.65. The molecule has 1 saturated heterocycles. The van der Waals surface area contributed by atoms with Gasteiger partial charge in [-0.05, 0) is 56.4 Å². The molecule has 0 radical (unpaired) electrons.